The van der Waals surface area contributed by atoms with E-state index in [1.165, 1.54) is 0 Å². The van der Waals surface area contributed by atoms with E-state index in [2.05, 4.69) is 17.6 Å². The number of hydrogen-bond acceptors (Lipinski definition) is 2. The predicted octanol–water partition coefficient (Wildman–Crippen LogP) is 6.11. The number of thiophene rings is 1. The van der Waals surface area contributed by atoms with Gasteiger partial charge in [-0.05, 0) is 54.6 Å². The van der Waals surface area contributed by atoms with E-state index in [-0.39, 0.29) is 6.04 Å². The SMILES string of the molecule is CCCNC(c1cc(Cl)ccc1Cl)c1scc(C)c1Cl. The maximum Gasteiger partial charge on any atom is 0.0701 e. The van der Waals surface area contributed by atoms with Gasteiger partial charge in [0.25, 0.3) is 0 Å². The van der Waals surface area contributed by atoms with Crippen LogP contribution in [-0.2, 0) is 0 Å². The third-order valence-electron chi connectivity index (χ3n) is 3.05. The molecule has 1 heterocycles. The van der Waals surface area contributed by atoms with Gasteiger partial charge in [-0.3, -0.25) is 0 Å². The Morgan fingerprint density at radius 1 is 1.25 bits per heavy atom. The largest absolute Gasteiger partial charge is 0.306 e. The van der Waals surface area contributed by atoms with Gasteiger partial charge in [0.15, 0.2) is 0 Å². The second-order valence-electron chi connectivity index (χ2n) is 4.65. The minimum Gasteiger partial charge on any atom is -0.306 e. The summed E-state index contributed by atoms with van der Waals surface area (Å²) in [6.07, 6.45) is 1.04. The highest BCUT2D eigenvalue weighted by Crippen LogP contribution is 2.38. The van der Waals surface area contributed by atoms with Crippen molar-refractivity contribution in [1.29, 1.82) is 0 Å². The summed E-state index contributed by atoms with van der Waals surface area (Å²) in [6, 6.07) is 5.51. The summed E-state index contributed by atoms with van der Waals surface area (Å²) >= 11 is 20.5. The summed E-state index contributed by atoms with van der Waals surface area (Å²) in [5.74, 6) is 0. The normalized spacial score (nSPS) is 12.7. The number of aryl methyl sites for hydroxylation is 1. The predicted molar refractivity (Wildman–Crippen MR) is 90.7 cm³/mol. The smallest absolute Gasteiger partial charge is 0.0701 e. The molecule has 108 valence electrons. The first-order chi connectivity index (χ1) is 9.54. The molecule has 20 heavy (non-hydrogen) atoms. The number of benzene rings is 1. The Bertz CT molecular complexity index is 595. The molecule has 1 unspecified atom stereocenters. The second kappa shape index (κ2) is 7.15. The van der Waals surface area contributed by atoms with Crippen LogP contribution in [0, 0.1) is 6.92 Å². The van der Waals surface area contributed by atoms with Crippen LogP contribution in [0.1, 0.15) is 35.4 Å². The van der Waals surface area contributed by atoms with Crippen molar-refractivity contribution in [2.45, 2.75) is 26.3 Å². The van der Waals surface area contributed by atoms with Gasteiger partial charge in [-0.25, -0.2) is 0 Å². The molecule has 0 saturated carbocycles. The van der Waals surface area contributed by atoms with Crippen molar-refractivity contribution in [2.75, 3.05) is 6.54 Å². The Morgan fingerprint density at radius 2 is 2.00 bits per heavy atom. The summed E-state index contributed by atoms with van der Waals surface area (Å²) in [6.45, 7) is 5.03. The molecule has 0 radical (unpaired) electrons. The van der Waals surface area contributed by atoms with Crippen LogP contribution in [0.5, 0.6) is 0 Å². The van der Waals surface area contributed by atoms with Gasteiger partial charge in [0, 0.05) is 14.9 Å². The van der Waals surface area contributed by atoms with E-state index in [4.69, 9.17) is 34.8 Å². The molecule has 2 aromatic rings. The minimum absolute atomic E-state index is 0.0210. The summed E-state index contributed by atoms with van der Waals surface area (Å²) in [5, 5.41) is 7.76. The van der Waals surface area contributed by atoms with Crippen LogP contribution in [0.2, 0.25) is 15.1 Å². The molecule has 2 rings (SSSR count). The Kier molecular flexibility index (Phi) is 5.76. The average molecular weight is 349 g/mol. The first kappa shape index (κ1) is 16.1. The lowest BCUT2D eigenvalue weighted by molar-refractivity contribution is 0.606. The van der Waals surface area contributed by atoms with Crippen LogP contribution in [0.25, 0.3) is 0 Å². The van der Waals surface area contributed by atoms with E-state index in [1.54, 1.807) is 17.4 Å². The number of halogens is 3. The fourth-order valence-electron chi connectivity index (χ4n) is 2.01. The number of nitrogens with one attached hydrogen (secondary N) is 1. The molecular weight excluding hydrogens is 333 g/mol. The van der Waals surface area contributed by atoms with E-state index >= 15 is 0 Å². The molecular formula is C15H16Cl3NS. The third kappa shape index (κ3) is 3.49. The molecule has 0 amide bonds. The minimum atomic E-state index is -0.0210. The van der Waals surface area contributed by atoms with Gasteiger partial charge in [-0.1, -0.05) is 41.7 Å². The zero-order valence-corrected chi connectivity index (χ0v) is 14.4. The lowest BCUT2D eigenvalue weighted by atomic mass is 10.0. The van der Waals surface area contributed by atoms with E-state index in [1.807, 2.05) is 19.1 Å². The first-order valence-corrected chi connectivity index (χ1v) is 8.47. The lowest BCUT2D eigenvalue weighted by Gasteiger charge is -2.20. The summed E-state index contributed by atoms with van der Waals surface area (Å²) in [7, 11) is 0. The third-order valence-corrected chi connectivity index (χ3v) is 5.41. The van der Waals surface area contributed by atoms with Crippen LogP contribution >= 0.6 is 46.1 Å². The van der Waals surface area contributed by atoms with Gasteiger partial charge in [-0.2, -0.15) is 0 Å². The van der Waals surface area contributed by atoms with Gasteiger partial charge in [0.1, 0.15) is 0 Å². The molecule has 1 aromatic heterocycles. The van der Waals surface area contributed by atoms with Crippen molar-refractivity contribution >= 4 is 46.1 Å². The summed E-state index contributed by atoms with van der Waals surface area (Å²) < 4.78 is 0. The van der Waals surface area contributed by atoms with Crippen LogP contribution in [0.3, 0.4) is 0 Å². The number of hydrogen-bond donors (Lipinski definition) is 1. The van der Waals surface area contributed by atoms with Gasteiger partial charge in [0.2, 0.25) is 0 Å². The molecule has 0 aliphatic heterocycles. The van der Waals surface area contributed by atoms with E-state index in [0.29, 0.717) is 10.0 Å². The van der Waals surface area contributed by atoms with Crippen LogP contribution in [-0.4, -0.2) is 6.54 Å². The molecule has 1 aromatic carbocycles. The highest BCUT2D eigenvalue weighted by molar-refractivity contribution is 7.10. The Morgan fingerprint density at radius 3 is 2.60 bits per heavy atom. The lowest BCUT2D eigenvalue weighted by Crippen LogP contribution is -2.23. The number of rotatable bonds is 5. The van der Waals surface area contributed by atoms with Crippen molar-refractivity contribution in [1.82, 2.24) is 5.32 Å². The quantitative estimate of drug-likeness (QED) is 0.687. The molecule has 1 nitrogen and oxygen atoms in total. The first-order valence-electron chi connectivity index (χ1n) is 6.46. The summed E-state index contributed by atoms with van der Waals surface area (Å²) in [5.41, 5.74) is 2.06. The van der Waals surface area contributed by atoms with Crippen LogP contribution in [0.15, 0.2) is 23.6 Å². The van der Waals surface area contributed by atoms with Crippen molar-refractivity contribution in [3.05, 3.63) is 54.7 Å². The van der Waals surface area contributed by atoms with Crippen molar-refractivity contribution in [2.24, 2.45) is 0 Å². The highest BCUT2D eigenvalue weighted by Gasteiger charge is 2.21. The molecule has 0 aliphatic carbocycles. The molecule has 0 spiro atoms. The van der Waals surface area contributed by atoms with E-state index in [0.717, 1.165) is 34.0 Å². The molecule has 0 aliphatic rings. The van der Waals surface area contributed by atoms with Crippen molar-refractivity contribution < 1.29 is 0 Å². The van der Waals surface area contributed by atoms with Crippen LogP contribution in [0.4, 0.5) is 0 Å². The molecule has 0 fully saturated rings. The monoisotopic (exact) mass is 347 g/mol. The Hall–Kier alpha value is -0.250. The topological polar surface area (TPSA) is 12.0 Å². The fraction of sp³-hybridized carbons (Fsp3) is 0.333. The summed E-state index contributed by atoms with van der Waals surface area (Å²) in [4.78, 5) is 1.08. The standard InChI is InChI=1S/C15H16Cl3NS/c1-3-6-19-14(15-13(18)9(2)8-20-15)11-7-10(16)4-5-12(11)17/h4-5,7-8,14,19H,3,6H2,1-2H3. The fourth-order valence-corrected chi connectivity index (χ4v) is 3.81. The van der Waals surface area contributed by atoms with Gasteiger partial charge < -0.3 is 5.32 Å². The molecule has 0 bridgehead atoms. The average Bonchev–Trinajstić information content (AvgIpc) is 2.75. The zero-order valence-electron chi connectivity index (χ0n) is 11.3. The Labute approximate surface area is 138 Å². The highest BCUT2D eigenvalue weighted by atomic mass is 35.5. The maximum atomic E-state index is 6.42. The van der Waals surface area contributed by atoms with Crippen LogP contribution < -0.4 is 5.32 Å². The van der Waals surface area contributed by atoms with Gasteiger partial charge >= 0.3 is 0 Å². The van der Waals surface area contributed by atoms with E-state index in [9.17, 15) is 0 Å². The molecule has 1 atom stereocenters. The van der Waals surface area contributed by atoms with Crippen molar-refractivity contribution in [3.63, 3.8) is 0 Å². The molecule has 0 saturated heterocycles. The maximum absolute atomic E-state index is 6.42. The molecule has 5 heteroatoms. The van der Waals surface area contributed by atoms with Gasteiger partial charge in [0.05, 0.1) is 11.1 Å². The Balaban J connectivity index is 2.47. The van der Waals surface area contributed by atoms with Gasteiger partial charge in [-0.15, -0.1) is 11.3 Å². The van der Waals surface area contributed by atoms with Crippen molar-refractivity contribution in [3.8, 4) is 0 Å². The van der Waals surface area contributed by atoms with E-state index < -0.39 is 0 Å². The second-order valence-corrected chi connectivity index (χ2v) is 6.78. The zero-order chi connectivity index (χ0) is 14.7. The molecule has 1 N–H and O–H groups in total.